The third-order valence-electron chi connectivity index (χ3n) is 4.97. The Morgan fingerprint density at radius 2 is 1.78 bits per heavy atom. The Hall–Kier alpha value is -2.09. The summed E-state index contributed by atoms with van der Waals surface area (Å²) < 4.78 is 5.49. The second-order valence-corrected chi connectivity index (χ2v) is 7.91. The molecule has 7 heteroatoms. The quantitative estimate of drug-likeness (QED) is 0.650. The smallest absolute Gasteiger partial charge is 0.241 e. The maximum absolute atomic E-state index is 5.49. The third-order valence-corrected chi connectivity index (χ3v) is 6.01. The molecule has 0 amide bonds. The van der Waals surface area contributed by atoms with Gasteiger partial charge in [0.05, 0.1) is 17.2 Å². The van der Waals surface area contributed by atoms with Crippen LogP contribution in [0.25, 0.3) is 11.4 Å². The number of aryl methyl sites for hydroxylation is 2. The zero-order valence-corrected chi connectivity index (χ0v) is 16.7. The summed E-state index contributed by atoms with van der Waals surface area (Å²) in [7, 11) is 0. The SMILES string of the molecule is CCc1nc(CN2CCN(Cc3nc(-c4ccccc4C)no3)CC2)cs1. The number of aromatic nitrogens is 3. The van der Waals surface area contributed by atoms with Gasteiger partial charge in [0.2, 0.25) is 11.7 Å². The fourth-order valence-electron chi connectivity index (χ4n) is 3.36. The molecule has 0 spiro atoms. The average molecular weight is 384 g/mol. The number of rotatable bonds is 6. The summed E-state index contributed by atoms with van der Waals surface area (Å²) in [6.07, 6.45) is 1.02. The van der Waals surface area contributed by atoms with Crippen molar-refractivity contribution in [2.45, 2.75) is 33.4 Å². The number of piperazine rings is 1. The van der Waals surface area contributed by atoms with Crippen molar-refractivity contribution >= 4 is 11.3 Å². The molecule has 27 heavy (non-hydrogen) atoms. The maximum atomic E-state index is 5.49. The van der Waals surface area contributed by atoms with Crippen molar-refractivity contribution in [3.63, 3.8) is 0 Å². The van der Waals surface area contributed by atoms with Crippen LogP contribution in [0.5, 0.6) is 0 Å². The second kappa shape index (κ2) is 8.29. The Morgan fingerprint density at radius 3 is 2.48 bits per heavy atom. The van der Waals surface area contributed by atoms with Crippen molar-refractivity contribution in [3.05, 3.63) is 51.8 Å². The molecule has 6 nitrogen and oxygen atoms in total. The lowest BCUT2D eigenvalue weighted by Gasteiger charge is -2.33. The molecule has 0 bridgehead atoms. The van der Waals surface area contributed by atoms with Crippen LogP contribution in [-0.2, 0) is 19.5 Å². The maximum Gasteiger partial charge on any atom is 0.241 e. The minimum atomic E-state index is 0.678. The highest BCUT2D eigenvalue weighted by Gasteiger charge is 2.20. The number of benzene rings is 1. The first-order valence-corrected chi connectivity index (χ1v) is 10.4. The molecular formula is C20H25N5OS. The van der Waals surface area contributed by atoms with Crippen molar-refractivity contribution in [3.8, 4) is 11.4 Å². The van der Waals surface area contributed by atoms with Gasteiger partial charge in [-0.3, -0.25) is 9.80 Å². The second-order valence-electron chi connectivity index (χ2n) is 6.97. The van der Waals surface area contributed by atoms with Gasteiger partial charge < -0.3 is 4.52 Å². The summed E-state index contributed by atoms with van der Waals surface area (Å²) in [6.45, 7) is 9.97. The highest BCUT2D eigenvalue weighted by molar-refractivity contribution is 7.09. The summed E-state index contributed by atoms with van der Waals surface area (Å²) in [5.41, 5.74) is 3.39. The molecule has 1 aromatic carbocycles. The molecule has 2 aromatic heterocycles. The monoisotopic (exact) mass is 383 g/mol. The molecule has 1 aliphatic heterocycles. The molecule has 1 fully saturated rings. The van der Waals surface area contributed by atoms with Crippen LogP contribution < -0.4 is 0 Å². The normalized spacial score (nSPS) is 16.1. The molecule has 0 unspecified atom stereocenters. The number of thiazole rings is 1. The Kier molecular flexibility index (Phi) is 5.61. The van der Waals surface area contributed by atoms with Gasteiger partial charge in [0.25, 0.3) is 0 Å². The molecular weight excluding hydrogens is 358 g/mol. The van der Waals surface area contributed by atoms with Crippen LogP contribution in [0.3, 0.4) is 0 Å². The lowest BCUT2D eigenvalue weighted by Crippen LogP contribution is -2.45. The van der Waals surface area contributed by atoms with Gasteiger partial charge in [-0.1, -0.05) is 36.3 Å². The van der Waals surface area contributed by atoms with E-state index in [0.717, 1.165) is 50.3 Å². The molecule has 0 saturated carbocycles. The summed E-state index contributed by atoms with van der Waals surface area (Å²) >= 11 is 1.77. The van der Waals surface area contributed by atoms with Gasteiger partial charge in [-0.05, 0) is 18.9 Å². The Labute approximate surface area is 163 Å². The summed E-state index contributed by atoms with van der Waals surface area (Å²) in [4.78, 5) is 14.1. The number of hydrogen-bond donors (Lipinski definition) is 0. The van der Waals surface area contributed by atoms with Gasteiger partial charge in [0, 0.05) is 43.7 Å². The van der Waals surface area contributed by atoms with Crippen molar-refractivity contribution in [2.24, 2.45) is 0 Å². The van der Waals surface area contributed by atoms with E-state index in [1.807, 2.05) is 18.2 Å². The number of nitrogens with zero attached hydrogens (tertiary/aromatic N) is 5. The summed E-state index contributed by atoms with van der Waals surface area (Å²) in [5, 5.41) is 7.58. The van der Waals surface area contributed by atoms with E-state index < -0.39 is 0 Å². The van der Waals surface area contributed by atoms with Crippen LogP contribution in [0.2, 0.25) is 0 Å². The molecule has 4 rings (SSSR count). The first-order valence-electron chi connectivity index (χ1n) is 9.48. The molecule has 0 radical (unpaired) electrons. The number of hydrogen-bond acceptors (Lipinski definition) is 7. The van der Waals surface area contributed by atoms with E-state index in [0.29, 0.717) is 18.3 Å². The van der Waals surface area contributed by atoms with E-state index in [1.165, 1.54) is 10.7 Å². The molecule has 0 aliphatic carbocycles. The standard InChI is InChI=1S/C20H25N5OS/c1-3-19-21-16(14-27-19)12-24-8-10-25(11-9-24)13-18-22-20(23-26-18)17-7-5-4-6-15(17)2/h4-7,14H,3,8-13H2,1-2H3. The topological polar surface area (TPSA) is 58.3 Å². The van der Waals surface area contributed by atoms with Crippen LogP contribution >= 0.6 is 11.3 Å². The van der Waals surface area contributed by atoms with Crippen LogP contribution in [0, 0.1) is 6.92 Å². The molecule has 3 aromatic rings. The van der Waals surface area contributed by atoms with E-state index in [2.05, 4.69) is 50.2 Å². The third kappa shape index (κ3) is 4.43. The van der Waals surface area contributed by atoms with E-state index in [9.17, 15) is 0 Å². The van der Waals surface area contributed by atoms with Crippen LogP contribution in [0.1, 0.15) is 29.1 Å². The van der Waals surface area contributed by atoms with Gasteiger partial charge >= 0.3 is 0 Å². The van der Waals surface area contributed by atoms with E-state index in [4.69, 9.17) is 4.52 Å². The Bertz CT molecular complexity index is 882. The fraction of sp³-hybridized carbons (Fsp3) is 0.450. The van der Waals surface area contributed by atoms with Crippen molar-refractivity contribution < 1.29 is 4.52 Å². The van der Waals surface area contributed by atoms with Gasteiger partial charge in [-0.25, -0.2) is 4.98 Å². The van der Waals surface area contributed by atoms with E-state index >= 15 is 0 Å². The minimum Gasteiger partial charge on any atom is -0.338 e. The Balaban J connectivity index is 1.30. The molecule has 0 atom stereocenters. The zero-order chi connectivity index (χ0) is 18.6. The van der Waals surface area contributed by atoms with Crippen LogP contribution in [0.4, 0.5) is 0 Å². The lowest BCUT2D eigenvalue weighted by atomic mass is 10.1. The van der Waals surface area contributed by atoms with Gasteiger partial charge in [-0.15, -0.1) is 11.3 Å². The van der Waals surface area contributed by atoms with Crippen molar-refractivity contribution in [2.75, 3.05) is 26.2 Å². The van der Waals surface area contributed by atoms with Gasteiger partial charge in [0.15, 0.2) is 0 Å². The zero-order valence-electron chi connectivity index (χ0n) is 15.9. The summed E-state index contributed by atoms with van der Waals surface area (Å²) in [5.74, 6) is 1.37. The minimum absolute atomic E-state index is 0.678. The highest BCUT2D eigenvalue weighted by Crippen LogP contribution is 2.20. The molecule has 0 N–H and O–H groups in total. The van der Waals surface area contributed by atoms with E-state index in [-0.39, 0.29) is 0 Å². The molecule has 142 valence electrons. The van der Waals surface area contributed by atoms with Crippen molar-refractivity contribution in [1.82, 2.24) is 24.9 Å². The fourth-order valence-corrected chi connectivity index (χ4v) is 4.10. The first kappa shape index (κ1) is 18.3. The first-order chi connectivity index (χ1) is 13.2. The molecule has 1 aliphatic rings. The van der Waals surface area contributed by atoms with Crippen LogP contribution in [-0.4, -0.2) is 51.1 Å². The predicted molar refractivity (Wildman–Crippen MR) is 107 cm³/mol. The molecule has 1 saturated heterocycles. The Morgan fingerprint density at radius 1 is 1.04 bits per heavy atom. The van der Waals surface area contributed by atoms with Gasteiger partial charge in [0.1, 0.15) is 0 Å². The predicted octanol–water partition coefficient (Wildman–Crippen LogP) is 3.38. The highest BCUT2D eigenvalue weighted by atomic mass is 32.1. The van der Waals surface area contributed by atoms with Gasteiger partial charge in [-0.2, -0.15) is 4.98 Å². The van der Waals surface area contributed by atoms with Crippen molar-refractivity contribution in [1.29, 1.82) is 0 Å². The largest absolute Gasteiger partial charge is 0.338 e. The van der Waals surface area contributed by atoms with E-state index in [1.54, 1.807) is 11.3 Å². The molecule has 3 heterocycles. The summed E-state index contributed by atoms with van der Waals surface area (Å²) in [6, 6.07) is 8.12. The lowest BCUT2D eigenvalue weighted by molar-refractivity contribution is 0.111. The average Bonchev–Trinajstić information content (AvgIpc) is 3.33. The van der Waals surface area contributed by atoms with Crippen LogP contribution in [0.15, 0.2) is 34.2 Å².